The lowest BCUT2D eigenvalue weighted by Gasteiger charge is -2.12. The van der Waals surface area contributed by atoms with Gasteiger partial charge in [-0.25, -0.2) is 4.98 Å². The number of rotatable bonds is 7. The number of aromatic nitrogens is 1. The van der Waals surface area contributed by atoms with E-state index < -0.39 is 0 Å². The Labute approximate surface area is 163 Å². The van der Waals surface area contributed by atoms with Crippen LogP contribution in [0.1, 0.15) is 28.4 Å². The van der Waals surface area contributed by atoms with E-state index >= 15 is 0 Å². The second kappa shape index (κ2) is 8.44. The summed E-state index contributed by atoms with van der Waals surface area (Å²) in [7, 11) is 3.15. The summed E-state index contributed by atoms with van der Waals surface area (Å²) in [6.45, 7) is 4.16. The molecule has 5 heteroatoms. The van der Waals surface area contributed by atoms with Gasteiger partial charge in [0.25, 0.3) is 0 Å². The van der Waals surface area contributed by atoms with E-state index in [2.05, 4.69) is 32.0 Å². The number of thioether (sulfide) groups is 1. The van der Waals surface area contributed by atoms with Crippen LogP contribution in [0.15, 0.2) is 47.5 Å². The fraction of sp³-hybridized carbons (Fsp3) is 0.273. The van der Waals surface area contributed by atoms with Gasteiger partial charge in [0.1, 0.15) is 16.5 Å². The first-order valence-electron chi connectivity index (χ1n) is 8.84. The second-order valence-corrected chi connectivity index (χ2v) is 7.19. The highest BCUT2D eigenvalue weighted by molar-refractivity contribution is 8.00. The number of benzene rings is 2. The van der Waals surface area contributed by atoms with Crippen LogP contribution < -0.4 is 9.47 Å². The smallest absolute Gasteiger partial charge is 0.176 e. The minimum atomic E-state index is -0.00974. The molecule has 4 nitrogen and oxygen atoms in total. The summed E-state index contributed by atoms with van der Waals surface area (Å²) < 4.78 is 10.6. The number of carbonyl (C=O) groups excluding carboxylic acids is 1. The highest BCUT2D eigenvalue weighted by Crippen LogP contribution is 2.30. The van der Waals surface area contributed by atoms with E-state index in [1.54, 1.807) is 32.4 Å². The molecule has 0 saturated heterocycles. The summed E-state index contributed by atoms with van der Waals surface area (Å²) in [5.74, 6) is 1.47. The average molecular weight is 381 g/mol. The van der Waals surface area contributed by atoms with Crippen molar-refractivity contribution in [1.29, 1.82) is 0 Å². The maximum Gasteiger partial charge on any atom is 0.176 e. The topological polar surface area (TPSA) is 48.4 Å². The van der Waals surface area contributed by atoms with Gasteiger partial charge < -0.3 is 9.47 Å². The number of methoxy groups -OCH3 is 2. The van der Waals surface area contributed by atoms with E-state index in [0.29, 0.717) is 22.8 Å². The Morgan fingerprint density at radius 3 is 2.63 bits per heavy atom. The first-order valence-corrected chi connectivity index (χ1v) is 9.83. The lowest BCUT2D eigenvalue weighted by atomic mass is 10.1. The van der Waals surface area contributed by atoms with Crippen molar-refractivity contribution in [3.05, 3.63) is 59.2 Å². The average Bonchev–Trinajstić information content (AvgIpc) is 2.71. The molecular formula is C22H23NO3S. The zero-order chi connectivity index (χ0) is 19.4. The van der Waals surface area contributed by atoms with Crippen LogP contribution in [0.25, 0.3) is 10.9 Å². The molecule has 0 N–H and O–H groups in total. The molecule has 0 bridgehead atoms. The molecule has 140 valence electrons. The normalized spacial score (nSPS) is 10.8. The van der Waals surface area contributed by atoms with Gasteiger partial charge in [-0.2, -0.15) is 0 Å². The predicted octanol–water partition coefficient (Wildman–Crippen LogP) is 5.10. The van der Waals surface area contributed by atoms with E-state index in [-0.39, 0.29) is 5.78 Å². The number of ketones is 1. The Morgan fingerprint density at radius 1 is 1.11 bits per heavy atom. The molecule has 0 saturated carbocycles. The van der Waals surface area contributed by atoms with Crippen LogP contribution in [0.2, 0.25) is 0 Å². The Bertz CT molecular complexity index is 985. The fourth-order valence-corrected chi connectivity index (χ4v) is 3.96. The molecule has 0 aliphatic rings. The van der Waals surface area contributed by atoms with Crippen LogP contribution in [-0.4, -0.2) is 30.7 Å². The van der Waals surface area contributed by atoms with Gasteiger partial charge in [-0.1, -0.05) is 36.9 Å². The van der Waals surface area contributed by atoms with Gasteiger partial charge >= 0.3 is 0 Å². The van der Waals surface area contributed by atoms with Crippen LogP contribution in [0.3, 0.4) is 0 Å². The molecule has 0 atom stereocenters. The molecule has 0 aliphatic carbocycles. The van der Waals surface area contributed by atoms with Crippen molar-refractivity contribution in [1.82, 2.24) is 4.98 Å². The summed E-state index contributed by atoms with van der Waals surface area (Å²) in [5.41, 5.74) is 3.81. The van der Waals surface area contributed by atoms with Crippen LogP contribution in [0.5, 0.6) is 11.5 Å². The van der Waals surface area contributed by atoms with Gasteiger partial charge in [-0.15, -0.1) is 0 Å². The maximum atomic E-state index is 12.8. The van der Waals surface area contributed by atoms with Crippen molar-refractivity contribution < 1.29 is 14.3 Å². The van der Waals surface area contributed by atoms with Crippen molar-refractivity contribution in [3.63, 3.8) is 0 Å². The van der Waals surface area contributed by atoms with Crippen LogP contribution >= 0.6 is 11.8 Å². The first-order chi connectivity index (χ1) is 13.1. The number of ether oxygens (including phenoxy) is 2. The van der Waals surface area contributed by atoms with Crippen LogP contribution in [0, 0.1) is 6.92 Å². The third-order valence-corrected chi connectivity index (χ3v) is 5.55. The minimum absolute atomic E-state index is 0.00974. The lowest BCUT2D eigenvalue weighted by Crippen LogP contribution is -2.06. The van der Waals surface area contributed by atoms with E-state index in [1.807, 2.05) is 6.07 Å². The number of nitrogens with zero attached hydrogens (tertiary/aromatic N) is 1. The number of pyridine rings is 1. The molecule has 1 heterocycles. The van der Waals surface area contributed by atoms with Crippen molar-refractivity contribution in [2.24, 2.45) is 0 Å². The molecule has 2 aromatic carbocycles. The molecule has 1 aromatic heterocycles. The molecule has 0 aliphatic heterocycles. The molecule has 0 spiro atoms. The zero-order valence-corrected chi connectivity index (χ0v) is 16.9. The quantitative estimate of drug-likeness (QED) is 0.421. The third kappa shape index (κ3) is 4.08. The summed E-state index contributed by atoms with van der Waals surface area (Å²) >= 11 is 1.47. The molecule has 27 heavy (non-hydrogen) atoms. The van der Waals surface area contributed by atoms with Crippen molar-refractivity contribution in [3.8, 4) is 11.5 Å². The molecule has 0 fully saturated rings. The van der Waals surface area contributed by atoms with Gasteiger partial charge in [0.2, 0.25) is 0 Å². The molecule has 0 unspecified atom stereocenters. The fourth-order valence-electron chi connectivity index (χ4n) is 3.00. The largest absolute Gasteiger partial charge is 0.497 e. The number of Topliss-reactive ketones (excluding diaryl/α,β-unsaturated/α-hetero) is 1. The Kier molecular flexibility index (Phi) is 6.01. The summed E-state index contributed by atoms with van der Waals surface area (Å²) in [6.07, 6.45) is 0.871. The monoisotopic (exact) mass is 381 g/mol. The minimum Gasteiger partial charge on any atom is -0.497 e. The Hall–Kier alpha value is -2.53. The maximum absolute atomic E-state index is 12.8. The highest BCUT2D eigenvalue weighted by atomic mass is 32.2. The van der Waals surface area contributed by atoms with Crippen molar-refractivity contribution >= 4 is 28.4 Å². The standard InChI is InChI=1S/C22H23NO3S/c1-5-15-11-16-8-6-7-14(2)21(16)23-22(15)27-13-19(24)18-12-17(25-3)9-10-20(18)26-4/h6-12H,5,13H2,1-4H3. The predicted molar refractivity (Wildman–Crippen MR) is 110 cm³/mol. The molecular weight excluding hydrogens is 358 g/mol. The molecule has 0 radical (unpaired) electrons. The first kappa shape index (κ1) is 19.2. The lowest BCUT2D eigenvalue weighted by molar-refractivity contribution is 0.101. The Morgan fingerprint density at radius 2 is 1.93 bits per heavy atom. The third-order valence-electron chi connectivity index (χ3n) is 4.51. The summed E-state index contributed by atoms with van der Waals surface area (Å²) in [6, 6.07) is 13.6. The van der Waals surface area contributed by atoms with Gasteiger partial charge in [-0.05, 0) is 48.7 Å². The van der Waals surface area contributed by atoms with E-state index in [9.17, 15) is 4.79 Å². The summed E-state index contributed by atoms with van der Waals surface area (Å²) in [4.78, 5) is 17.7. The zero-order valence-electron chi connectivity index (χ0n) is 16.0. The second-order valence-electron chi connectivity index (χ2n) is 6.23. The van der Waals surface area contributed by atoms with E-state index in [4.69, 9.17) is 14.5 Å². The number of hydrogen-bond donors (Lipinski definition) is 0. The number of hydrogen-bond acceptors (Lipinski definition) is 5. The van der Waals surface area contributed by atoms with Crippen molar-refractivity contribution in [2.45, 2.75) is 25.3 Å². The SMILES string of the molecule is CCc1cc2cccc(C)c2nc1SCC(=O)c1cc(OC)ccc1OC. The van der Waals surface area contributed by atoms with Crippen molar-refractivity contribution in [2.75, 3.05) is 20.0 Å². The summed E-state index contributed by atoms with van der Waals surface area (Å²) in [5, 5.41) is 2.05. The number of carbonyl (C=O) groups is 1. The van der Waals surface area contributed by atoms with E-state index in [0.717, 1.165) is 33.5 Å². The van der Waals surface area contributed by atoms with Crippen LogP contribution in [-0.2, 0) is 6.42 Å². The van der Waals surface area contributed by atoms with Gasteiger partial charge in [0.05, 0.1) is 31.1 Å². The van der Waals surface area contributed by atoms with Crippen LogP contribution in [0.4, 0.5) is 0 Å². The van der Waals surface area contributed by atoms with Gasteiger partial charge in [-0.3, -0.25) is 4.79 Å². The number of fused-ring (bicyclic) bond motifs is 1. The number of aryl methyl sites for hydroxylation is 2. The number of para-hydroxylation sites is 1. The molecule has 3 rings (SSSR count). The molecule has 0 amide bonds. The Balaban J connectivity index is 1.88. The van der Waals surface area contributed by atoms with Gasteiger partial charge in [0, 0.05) is 5.39 Å². The van der Waals surface area contributed by atoms with E-state index in [1.165, 1.54) is 11.8 Å². The van der Waals surface area contributed by atoms with Gasteiger partial charge in [0.15, 0.2) is 5.78 Å². The highest BCUT2D eigenvalue weighted by Gasteiger charge is 2.16. The molecule has 3 aromatic rings.